The predicted molar refractivity (Wildman–Crippen MR) is 60.8 cm³/mol. The highest BCUT2D eigenvalue weighted by Gasteiger charge is 2.26. The molecule has 4 heteroatoms. The molecule has 82 valence electrons. The fourth-order valence-electron chi connectivity index (χ4n) is 1.46. The Bertz CT molecular complexity index is 468. The highest BCUT2D eigenvalue weighted by molar-refractivity contribution is 5.95. The standard InChI is InChI=1S/C12H12N2O2/c1-12(2)7-16-11(14-12)9-3-5-10(6-4-9)13-8-15/h3-6H,7H2,1-2H3. The molecule has 0 aromatic heterocycles. The van der Waals surface area contributed by atoms with Crippen molar-refractivity contribution in [1.82, 2.24) is 0 Å². The largest absolute Gasteiger partial charge is 0.475 e. The molecular weight excluding hydrogens is 204 g/mol. The number of rotatable bonds is 2. The topological polar surface area (TPSA) is 51.0 Å². The quantitative estimate of drug-likeness (QED) is 0.562. The van der Waals surface area contributed by atoms with Crippen LogP contribution in [0.3, 0.4) is 0 Å². The minimum Gasteiger partial charge on any atom is -0.475 e. The summed E-state index contributed by atoms with van der Waals surface area (Å²) >= 11 is 0. The minimum atomic E-state index is -0.158. The van der Waals surface area contributed by atoms with Gasteiger partial charge < -0.3 is 4.74 Å². The summed E-state index contributed by atoms with van der Waals surface area (Å²) in [6, 6.07) is 7.13. The number of aliphatic imine (C=N–C) groups is 2. The third-order valence-corrected chi connectivity index (χ3v) is 2.26. The molecule has 1 aromatic rings. The maximum atomic E-state index is 10.1. The van der Waals surface area contributed by atoms with Crippen LogP contribution in [0.2, 0.25) is 0 Å². The molecular formula is C12H12N2O2. The van der Waals surface area contributed by atoms with E-state index in [-0.39, 0.29) is 5.54 Å². The summed E-state index contributed by atoms with van der Waals surface area (Å²) in [6.07, 6.45) is 1.50. The van der Waals surface area contributed by atoms with Crippen LogP contribution < -0.4 is 0 Å². The van der Waals surface area contributed by atoms with Gasteiger partial charge in [-0.25, -0.2) is 9.79 Å². The summed E-state index contributed by atoms with van der Waals surface area (Å²) in [4.78, 5) is 18.0. The van der Waals surface area contributed by atoms with Gasteiger partial charge in [0.15, 0.2) is 0 Å². The number of hydrogen-bond acceptors (Lipinski definition) is 4. The van der Waals surface area contributed by atoms with Crippen LogP contribution >= 0.6 is 0 Å². The van der Waals surface area contributed by atoms with Gasteiger partial charge in [-0.1, -0.05) is 0 Å². The van der Waals surface area contributed by atoms with Gasteiger partial charge >= 0.3 is 0 Å². The van der Waals surface area contributed by atoms with Gasteiger partial charge in [-0.2, -0.15) is 4.99 Å². The fourth-order valence-corrected chi connectivity index (χ4v) is 1.46. The number of hydrogen-bond donors (Lipinski definition) is 0. The molecule has 0 aliphatic carbocycles. The summed E-state index contributed by atoms with van der Waals surface area (Å²) in [5.41, 5.74) is 1.32. The second-order valence-corrected chi connectivity index (χ2v) is 4.27. The van der Waals surface area contributed by atoms with Gasteiger partial charge in [0.25, 0.3) is 0 Å². The molecule has 0 N–H and O–H groups in total. The molecule has 1 aliphatic heterocycles. The molecule has 0 radical (unpaired) electrons. The van der Waals surface area contributed by atoms with E-state index in [9.17, 15) is 4.79 Å². The van der Waals surface area contributed by atoms with Crippen molar-refractivity contribution in [3.8, 4) is 0 Å². The summed E-state index contributed by atoms with van der Waals surface area (Å²) in [5, 5.41) is 0. The lowest BCUT2D eigenvalue weighted by molar-refractivity contribution is 0.279. The molecule has 0 saturated heterocycles. The van der Waals surface area contributed by atoms with E-state index in [4.69, 9.17) is 4.74 Å². The van der Waals surface area contributed by atoms with Gasteiger partial charge in [-0.15, -0.1) is 0 Å². The van der Waals surface area contributed by atoms with E-state index in [0.717, 1.165) is 5.56 Å². The Kier molecular flexibility index (Phi) is 2.59. The Balaban J connectivity index is 2.26. The SMILES string of the molecule is CC1(C)COC(c2ccc(N=C=O)cc2)=N1. The van der Waals surface area contributed by atoms with Crippen LogP contribution in [-0.2, 0) is 9.53 Å². The Hall–Kier alpha value is -1.93. The molecule has 0 atom stereocenters. The Morgan fingerprint density at radius 1 is 1.38 bits per heavy atom. The van der Waals surface area contributed by atoms with E-state index in [2.05, 4.69) is 9.98 Å². The van der Waals surface area contributed by atoms with E-state index in [1.54, 1.807) is 12.1 Å². The van der Waals surface area contributed by atoms with Crippen molar-refractivity contribution in [3.05, 3.63) is 29.8 Å². The number of isocyanates is 1. The number of carbonyl (C=O) groups excluding carboxylic acids is 1. The van der Waals surface area contributed by atoms with Crippen molar-refractivity contribution in [2.24, 2.45) is 9.98 Å². The van der Waals surface area contributed by atoms with Crippen molar-refractivity contribution in [2.75, 3.05) is 6.61 Å². The lowest BCUT2D eigenvalue weighted by Crippen LogP contribution is -2.17. The molecule has 1 aliphatic rings. The third-order valence-electron chi connectivity index (χ3n) is 2.26. The van der Waals surface area contributed by atoms with Crippen LogP contribution in [0, 0.1) is 0 Å². The Morgan fingerprint density at radius 3 is 2.56 bits per heavy atom. The molecule has 2 rings (SSSR count). The average molecular weight is 216 g/mol. The van der Waals surface area contributed by atoms with Crippen molar-refractivity contribution in [3.63, 3.8) is 0 Å². The Morgan fingerprint density at radius 2 is 2.06 bits per heavy atom. The zero-order valence-electron chi connectivity index (χ0n) is 9.23. The van der Waals surface area contributed by atoms with Crippen molar-refractivity contribution < 1.29 is 9.53 Å². The summed E-state index contributed by atoms with van der Waals surface area (Å²) in [7, 11) is 0. The van der Waals surface area contributed by atoms with E-state index < -0.39 is 0 Å². The third kappa shape index (κ3) is 2.18. The van der Waals surface area contributed by atoms with Crippen LogP contribution in [0.5, 0.6) is 0 Å². The molecule has 16 heavy (non-hydrogen) atoms. The normalized spacial score (nSPS) is 17.2. The van der Waals surface area contributed by atoms with Gasteiger partial charge in [0.05, 0.1) is 11.2 Å². The molecule has 0 bridgehead atoms. The molecule has 0 amide bonds. The zero-order valence-corrected chi connectivity index (χ0v) is 9.23. The highest BCUT2D eigenvalue weighted by atomic mass is 16.5. The maximum Gasteiger partial charge on any atom is 0.240 e. The highest BCUT2D eigenvalue weighted by Crippen LogP contribution is 2.21. The van der Waals surface area contributed by atoms with E-state index in [1.165, 1.54) is 6.08 Å². The van der Waals surface area contributed by atoms with E-state index in [0.29, 0.717) is 18.2 Å². The first-order valence-electron chi connectivity index (χ1n) is 5.02. The predicted octanol–water partition coefficient (Wildman–Crippen LogP) is 2.21. The van der Waals surface area contributed by atoms with E-state index >= 15 is 0 Å². The smallest absolute Gasteiger partial charge is 0.240 e. The van der Waals surface area contributed by atoms with Gasteiger partial charge in [0, 0.05) is 5.56 Å². The lowest BCUT2D eigenvalue weighted by Gasteiger charge is -2.07. The second kappa shape index (κ2) is 3.91. The summed E-state index contributed by atoms with van der Waals surface area (Å²) in [6.45, 7) is 4.63. The zero-order chi connectivity index (χ0) is 11.6. The first kappa shape index (κ1) is 10.6. The second-order valence-electron chi connectivity index (χ2n) is 4.27. The van der Waals surface area contributed by atoms with Crippen molar-refractivity contribution >= 4 is 17.7 Å². The van der Waals surface area contributed by atoms with Crippen LogP contribution in [0.4, 0.5) is 5.69 Å². The van der Waals surface area contributed by atoms with Gasteiger partial charge in [0.1, 0.15) is 6.61 Å². The molecule has 0 spiro atoms. The summed E-state index contributed by atoms with van der Waals surface area (Å²) < 4.78 is 5.50. The first-order chi connectivity index (χ1) is 7.61. The molecule has 0 fully saturated rings. The molecule has 4 nitrogen and oxygen atoms in total. The van der Waals surface area contributed by atoms with Gasteiger partial charge in [0.2, 0.25) is 12.0 Å². The van der Waals surface area contributed by atoms with Gasteiger partial charge in [-0.05, 0) is 38.1 Å². The number of nitrogens with zero attached hydrogens (tertiary/aromatic N) is 2. The first-order valence-corrected chi connectivity index (χ1v) is 5.02. The molecule has 1 heterocycles. The lowest BCUT2D eigenvalue weighted by atomic mass is 10.1. The Labute approximate surface area is 93.7 Å². The van der Waals surface area contributed by atoms with Crippen LogP contribution in [0.25, 0.3) is 0 Å². The van der Waals surface area contributed by atoms with Gasteiger partial charge in [-0.3, -0.25) is 0 Å². The number of ether oxygens (including phenoxy) is 1. The molecule has 0 unspecified atom stereocenters. The minimum absolute atomic E-state index is 0.158. The average Bonchev–Trinajstić information content (AvgIpc) is 2.61. The fraction of sp³-hybridized carbons (Fsp3) is 0.333. The van der Waals surface area contributed by atoms with Crippen molar-refractivity contribution in [2.45, 2.75) is 19.4 Å². The number of benzene rings is 1. The summed E-state index contributed by atoms with van der Waals surface area (Å²) in [5.74, 6) is 0.645. The monoisotopic (exact) mass is 216 g/mol. The maximum absolute atomic E-state index is 10.1. The van der Waals surface area contributed by atoms with Crippen LogP contribution in [0.1, 0.15) is 19.4 Å². The van der Waals surface area contributed by atoms with E-state index in [1.807, 2.05) is 26.0 Å². The van der Waals surface area contributed by atoms with Crippen molar-refractivity contribution in [1.29, 1.82) is 0 Å². The van der Waals surface area contributed by atoms with Crippen LogP contribution in [-0.4, -0.2) is 24.1 Å². The molecule has 1 aromatic carbocycles. The molecule has 0 saturated carbocycles. The van der Waals surface area contributed by atoms with Crippen LogP contribution in [0.15, 0.2) is 34.3 Å².